The lowest BCUT2D eigenvalue weighted by Gasteiger charge is -2.29. The van der Waals surface area contributed by atoms with Gasteiger partial charge in [0.25, 0.3) is 0 Å². The summed E-state index contributed by atoms with van der Waals surface area (Å²) in [7, 11) is 3.24. The molecule has 1 unspecified atom stereocenters. The summed E-state index contributed by atoms with van der Waals surface area (Å²) in [6.45, 7) is 9.30. The number of carbonyl (C=O) groups is 1. The maximum Gasteiger partial charge on any atom is 0.325 e. The van der Waals surface area contributed by atoms with E-state index in [9.17, 15) is 4.79 Å². The second-order valence-corrected chi connectivity index (χ2v) is 4.61. The predicted octanol–water partition coefficient (Wildman–Crippen LogP) is 1.65. The second kappa shape index (κ2) is 8.48. The van der Waals surface area contributed by atoms with Crippen molar-refractivity contribution in [1.82, 2.24) is 10.2 Å². The first-order valence-electron chi connectivity index (χ1n) is 6.53. The van der Waals surface area contributed by atoms with Crippen molar-refractivity contribution >= 4 is 5.97 Å². The van der Waals surface area contributed by atoms with E-state index in [0.717, 1.165) is 26.1 Å². The first-order valence-corrected chi connectivity index (χ1v) is 6.53. The summed E-state index contributed by atoms with van der Waals surface area (Å²) in [6, 6.07) is 0. The van der Waals surface area contributed by atoms with Crippen molar-refractivity contribution in [2.45, 2.75) is 45.6 Å². The average Bonchev–Trinajstić information content (AvgIpc) is 2.37. The molecule has 0 aromatic rings. The predicted molar refractivity (Wildman–Crippen MR) is 71.1 cm³/mol. The van der Waals surface area contributed by atoms with Crippen LogP contribution in [-0.2, 0) is 9.53 Å². The van der Waals surface area contributed by atoms with Crippen molar-refractivity contribution in [3.8, 4) is 0 Å². The lowest BCUT2D eigenvalue weighted by molar-refractivity contribution is -0.148. The molecule has 0 rings (SSSR count). The number of esters is 1. The molecule has 4 heteroatoms. The monoisotopic (exact) mass is 244 g/mol. The third kappa shape index (κ3) is 5.50. The van der Waals surface area contributed by atoms with Crippen LogP contribution in [0.15, 0.2) is 0 Å². The van der Waals surface area contributed by atoms with Crippen LogP contribution in [0.5, 0.6) is 0 Å². The summed E-state index contributed by atoms with van der Waals surface area (Å²) in [5, 5.41) is 3.06. The highest BCUT2D eigenvalue weighted by Gasteiger charge is 2.32. The zero-order valence-corrected chi connectivity index (χ0v) is 12.0. The molecule has 0 radical (unpaired) electrons. The van der Waals surface area contributed by atoms with Crippen LogP contribution >= 0.6 is 0 Å². The maximum absolute atomic E-state index is 11.7. The van der Waals surface area contributed by atoms with Gasteiger partial charge < -0.3 is 15.0 Å². The molecule has 17 heavy (non-hydrogen) atoms. The molecule has 1 atom stereocenters. The molecule has 1 N–H and O–H groups in total. The summed E-state index contributed by atoms with van der Waals surface area (Å²) in [6.07, 6.45) is 3.19. The van der Waals surface area contributed by atoms with Crippen molar-refractivity contribution in [2.75, 3.05) is 33.8 Å². The number of methoxy groups -OCH3 is 1. The molecule has 102 valence electrons. The van der Waals surface area contributed by atoms with Crippen LogP contribution < -0.4 is 5.32 Å². The Bertz CT molecular complexity index is 221. The molecule has 0 aliphatic heterocycles. The number of rotatable bonds is 9. The van der Waals surface area contributed by atoms with Gasteiger partial charge in [-0.3, -0.25) is 4.79 Å². The highest BCUT2D eigenvalue weighted by atomic mass is 16.5. The van der Waals surface area contributed by atoms with Crippen LogP contribution in [0.25, 0.3) is 0 Å². The minimum atomic E-state index is -0.575. The molecule has 0 spiro atoms. The van der Waals surface area contributed by atoms with Crippen LogP contribution in [0.3, 0.4) is 0 Å². The van der Waals surface area contributed by atoms with Crippen LogP contribution in [-0.4, -0.2) is 50.2 Å². The molecule has 0 saturated carbocycles. The Balaban J connectivity index is 4.23. The van der Waals surface area contributed by atoms with E-state index in [1.807, 2.05) is 6.92 Å². The third-order valence-corrected chi connectivity index (χ3v) is 3.39. The van der Waals surface area contributed by atoms with Crippen LogP contribution in [0, 0.1) is 0 Å². The number of nitrogens with one attached hydrogen (secondary N) is 1. The summed E-state index contributed by atoms with van der Waals surface area (Å²) < 4.78 is 4.83. The highest BCUT2D eigenvalue weighted by molar-refractivity contribution is 5.80. The Morgan fingerprint density at radius 2 is 2.00 bits per heavy atom. The Labute approximate surface area is 106 Å². The van der Waals surface area contributed by atoms with Gasteiger partial charge in [0.05, 0.1) is 7.11 Å². The minimum absolute atomic E-state index is 0.188. The van der Waals surface area contributed by atoms with Crippen molar-refractivity contribution in [3.05, 3.63) is 0 Å². The Hall–Kier alpha value is -0.610. The van der Waals surface area contributed by atoms with Crippen molar-refractivity contribution in [2.24, 2.45) is 0 Å². The molecule has 0 aromatic carbocycles. The zero-order chi connectivity index (χ0) is 13.3. The van der Waals surface area contributed by atoms with Crippen LogP contribution in [0.4, 0.5) is 0 Å². The molecule has 0 heterocycles. The van der Waals surface area contributed by atoms with Gasteiger partial charge >= 0.3 is 5.97 Å². The second-order valence-electron chi connectivity index (χ2n) is 4.61. The van der Waals surface area contributed by atoms with Crippen molar-refractivity contribution < 1.29 is 9.53 Å². The number of likely N-dealkylation sites (N-methyl/N-ethyl adjacent to an activating group) is 1. The largest absolute Gasteiger partial charge is 0.468 e. The van der Waals surface area contributed by atoms with Gasteiger partial charge in [0, 0.05) is 6.54 Å². The van der Waals surface area contributed by atoms with E-state index in [2.05, 4.69) is 24.1 Å². The van der Waals surface area contributed by atoms with Gasteiger partial charge in [-0.2, -0.15) is 0 Å². The highest BCUT2D eigenvalue weighted by Crippen LogP contribution is 2.12. The quantitative estimate of drug-likeness (QED) is 0.626. The van der Waals surface area contributed by atoms with Gasteiger partial charge in [-0.1, -0.05) is 20.3 Å². The zero-order valence-electron chi connectivity index (χ0n) is 12.0. The van der Waals surface area contributed by atoms with E-state index < -0.39 is 5.54 Å². The number of nitrogens with zero attached hydrogens (tertiary/aromatic N) is 1. The fraction of sp³-hybridized carbons (Fsp3) is 0.923. The average molecular weight is 244 g/mol. The number of carbonyl (C=O) groups excluding carboxylic acids is 1. The lowest BCUT2D eigenvalue weighted by atomic mass is 9.98. The van der Waals surface area contributed by atoms with Gasteiger partial charge in [-0.25, -0.2) is 0 Å². The van der Waals surface area contributed by atoms with E-state index in [1.165, 1.54) is 20.0 Å². The molecule has 0 aromatic heterocycles. The van der Waals surface area contributed by atoms with Gasteiger partial charge in [0.15, 0.2) is 0 Å². The van der Waals surface area contributed by atoms with Gasteiger partial charge in [-0.15, -0.1) is 0 Å². The fourth-order valence-corrected chi connectivity index (χ4v) is 1.75. The molecule has 0 aliphatic rings. The molecular formula is C13H28N2O2. The molecule has 0 fully saturated rings. The number of hydrogen-bond acceptors (Lipinski definition) is 4. The van der Waals surface area contributed by atoms with Crippen molar-refractivity contribution in [1.29, 1.82) is 0 Å². The van der Waals surface area contributed by atoms with Crippen molar-refractivity contribution in [3.63, 3.8) is 0 Å². The Morgan fingerprint density at radius 3 is 2.41 bits per heavy atom. The first-order chi connectivity index (χ1) is 8.03. The normalized spacial score (nSPS) is 14.7. The molecule has 0 bridgehead atoms. The molecule has 0 amide bonds. The van der Waals surface area contributed by atoms with Crippen LogP contribution in [0.2, 0.25) is 0 Å². The van der Waals surface area contributed by atoms with E-state index in [4.69, 9.17) is 4.74 Å². The van der Waals surface area contributed by atoms with E-state index in [0.29, 0.717) is 0 Å². The number of ether oxygens (including phenoxy) is 1. The standard InChI is InChI=1S/C13H28N2O2/c1-6-8-10-15(7-2)11-9-13(3,14-4)12(16)17-5/h14H,6-11H2,1-5H3. The SMILES string of the molecule is CCCCN(CC)CCC(C)(NC)C(=O)OC. The minimum Gasteiger partial charge on any atom is -0.468 e. The summed E-state index contributed by atoms with van der Waals surface area (Å²) in [5.74, 6) is -0.188. The fourth-order valence-electron chi connectivity index (χ4n) is 1.75. The van der Waals surface area contributed by atoms with E-state index >= 15 is 0 Å². The summed E-state index contributed by atoms with van der Waals surface area (Å²) >= 11 is 0. The molecule has 0 saturated heterocycles. The Morgan fingerprint density at radius 1 is 1.35 bits per heavy atom. The summed E-state index contributed by atoms with van der Waals surface area (Å²) in [4.78, 5) is 14.1. The first kappa shape index (κ1) is 16.4. The molecule has 0 aliphatic carbocycles. The van der Waals surface area contributed by atoms with Gasteiger partial charge in [-0.05, 0) is 39.9 Å². The maximum atomic E-state index is 11.7. The van der Waals surface area contributed by atoms with Gasteiger partial charge in [0.1, 0.15) is 5.54 Å². The van der Waals surface area contributed by atoms with Gasteiger partial charge in [0.2, 0.25) is 0 Å². The number of hydrogen-bond donors (Lipinski definition) is 1. The smallest absolute Gasteiger partial charge is 0.325 e. The summed E-state index contributed by atoms with van der Waals surface area (Å²) in [5.41, 5.74) is -0.575. The molecular weight excluding hydrogens is 216 g/mol. The Kier molecular flexibility index (Phi) is 8.17. The topological polar surface area (TPSA) is 41.6 Å². The lowest BCUT2D eigenvalue weighted by Crippen LogP contribution is -2.50. The third-order valence-electron chi connectivity index (χ3n) is 3.39. The van der Waals surface area contributed by atoms with Crippen LogP contribution in [0.1, 0.15) is 40.0 Å². The molecule has 4 nitrogen and oxygen atoms in total. The number of unbranched alkanes of at least 4 members (excludes halogenated alkanes) is 1. The van der Waals surface area contributed by atoms with E-state index in [-0.39, 0.29) is 5.97 Å². The van der Waals surface area contributed by atoms with E-state index in [1.54, 1.807) is 7.05 Å².